The van der Waals surface area contributed by atoms with Crippen LogP contribution in [0.25, 0.3) is 0 Å². The van der Waals surface area contributed by atoms with E-state index in [0.29, 0.717) is 6.42 Å². The average molecular weight is 395 g/mol. The molecule has 4 nitrogen and oxygen atoms in total. The monoisotopic (exact) mass is 395 g/mol. The summed E-state index contributed by atoms with van der Waals surface area (Å²) in [6.45, 7) is 4.30. The number of hydrogen-bond acceptors (Lipinski definition) is 4. The van der Waals surface area contributed by atoms with Crippen LogP contribution in [0.2, 0.25) is 0 Å². The number of fused-ring (bicyclic) bond motifs is 1. The van der Waals surface area contributed by atoms with Gasteiger partial charge in [0, 0.05) is 24.1 Å². The van der Waals surface area contributed by atoms with Gasteiger partial charge in [-0.1, -0.05) is 36.4 Å². The Labute approximate surface area is 170 Å². The Bertz CT molecular complexity index is 909. The van der Waals surface area contributed by atoms with Crippen LogP contribution in [0.3, 0.4) is 0 Å². The maximum Gasteiger partial charge on any atom is 0.309 e. The first-order chi connectivity index (χ1) is 13.9. The number of carbonyl (C=O) groups excluding carboxylic acids is 1. The van der Waals surface area contributed by atoms with Crippen molar-refractivity contribution in [2.75, 3.05) is 4.90 Å². The smallest absolute Gasteiger partial charge is 0.309 e. The molecule has 1 saturated heterocycles. The van der Waals surface area contributed by atoms with Crippen LogP contribution in [0.15, 0.2) is 60.7 Å². The lowest BCUT2D eigenvalue weighted by Gasteiger charge is -2.33. The molecule has 2 aliphatic heterocycles. The van der Waals surface area contributed by atoms with Crippen molar-refractivity contribution in [3.05, 3.63) is 77.6 Å². The van der Waals surface area contributed by atoms with Crippen LogP contribution >= 0.6 is 0 Å². The highest BCUT2D eigenvalue weighted by Gasteiger charge is 2.39. The van der Waals surface area contributed by atoms with Gasteiger partial charge >= 0.3 is 5.97 Å². The van der Waals surface area contributed by atoms with Gasteiger partial charge in [0.2, 0.25) is 0 Å². The molecule has 0 aromatic heterocycles. The quantitative estimate of drug-likeness (QED) is 0.623. The molecular formula is C24H26FNO3. The van der Waals surface area contributed by atoms with Gasteiger partial charge in [-0.3, -0.25) is 4.79 Å². The average Bonchev–Trinajstić information content (AvgIpc) is 3.00. The minimum atomic E-state index is -0.666. The molecule has 2 aromatic carbocycles. The fourth-order valence-corrected chi connectivity index (χ4v) is 4.53. The molecule has 0 bridgehead atoms. The number of hydrogen-bond donors (Lipinski definition) is 1. The van der Waals surface area contributed by atoms with E-state index in [1.165, 1.54) is 17.7 Å². The number of ether oxygens (including phenoxy) is 1. The minimum Gasteiger partial charge on any atom is -0.458 e. The molecule has 1 fully saturated rings. The van der Waals surface area contributed by atoms with Crippen LogP contribution < -0.4 is 4.90 Å². The van der Waals surface area contributed by atoms with Gasteiger partial charge in [0.15, 0.2) is 0 Å². The second-order valence-electron chi connectivity index (χ2n) is 8.09. The van der Waals surface area contributed by atoms with Crippen molar-refractivity contribution < 1.29 is 19.0 Å². The maximum absolute atomic E-state index is 13.5. The zero-order valence-electron chi connectivity index (χ0n) is 16.7. The lowest BCUT2D eigenvalue weighted by Crippen LogP contribution is -2.39. The molecule has 152 valence electrons. The maximum atomic E-state index is 13.5. The third-order valence-corrected chi connectivity index (χ3v) is 5.71. The van der Waals surface area contributed by atoms with E-state index in [-0.39, 0.29) is 36.2 Å². The number of nitrogens with zero attached hydrogens (tertiary/aromatic N) is 1. The van der Waals surface area contributed by atoms with E-state index in [4.69, 9.17) is 4.74 Å². The van der Waals surface area contributed by atoms with Gasteiger partial charge in [-0.25, -0.2) is 4.39 Å². The van der Waals surface area contributed by atoms with E-state index in [0.717, 1.165) is 11.3 Å². The lowest BCUT2D eigenvalue weighted by molar-refractivity contribution is -0.156. The molecule has 4 atom stereocenters. The van der Waals surface area contributed by atoms with Gasteiger partial charge in [0.1, 0.15) is 11.9 Å². The van der Waals surface area contributed by atoms with Crippen LogP contribution in [-0.4, -0.2) is 35.4 Å². The summed E-state index contributed by atoms with van der Waals surface area (Å²) < 4.78 is 18.9. The molecule has 2 heterocycles. The number of esters is 1. The van der Waals surface area contributed by atoms with E-state index < -0.39 is 12.2 Å². The minimum absolute atomic E-state index is 0.00404. The number of aliphatic hydroxyl groups excluding tert-OH is 1. The molecule has 5 heteroatoms. The first-order valence-corrected chi connectivity index (χ1v) is 10.1. The molecular weight excluding hydrogens is 369 g/mol. The van der Waals surface area contributed by atoms with E-state index in [9.17, 15) is 14.3 Å². The largest absolute Gasteiger partial charge is 0.458 e. The van der Waals surface area contributed by atoms with Gasteiger partial charge in [-0.2, -0.15) is 0 Å². The van der Waals surface area contributed by atoms with Crippen molar-refractivity contribution in [1.29, 1.82) is 0 Å². The lowest BCUT2D eigenvalue weighted by atomic mass is 9.87. The van der Waals surface area contributed by atoms with Crippen molar-refractivity contribution in [3.8, 4) is 0 Å². The van der Waals surface area contributed by atoms with Crippen molar-refractivity contribution in [2.45, 2.75) is 56.9 Å². The summed E-state index contributed by atoms with van der Waals surface area (Å²) in [5.74, 6) is -0.588. The van der Waals surface area contributed by atoms with E-state index in [1.807, 2.05) is 30.3 Å². The van der Waals surface area contributed by atoms with E-state index >= 15 is 0 Å². The summed E-state index contributed by atoms with van der Waals surface area (Å²) >= 11 is 0. The standard InChI is InChI=1S/C24H26FNO3/c1-15(2)26-21-6-4-3-5-20(21)24(16-7-9-17(25)10-8-16)22(26)12-11-19-13-18(27)14-23(28)29-19/h3-12,15,18-19,22,24,27H,13-14H2,1-2H3/b12-11+/t18-,19-,22?,24?/m1/s1. The first kappa shape index (κ1) is 19.6. The highest BCUT2D eigenvalue weighted by atomic mass is 19.1. The summed E-state index contributed by atoms with van der Waals surface area (Å²) in [6, 6.07) is 15.2. The highest BCUT2D eigenvalue weighted by Crippen LogP contribution is 2.46. The summed E-state index contributed by atoms with van der Waals surface area (Å²) in [6.07, 6.45) is 3.33. The Balaban J connectivity index is 1.72. The van der Waals surface area contributed by atoms with Crippen LogP contribution in [0, 0.1) is 5.82 Å². The second-order valence-corrected chi connectivity index (χ2v) is 8.09. The molecule has 0 saturated carbocycles. The normalized spacial score (nSPS) is 26.8. The number of para-hydroxylation sites is 1. The summed E-state index contributed by atoms with van der Waals surface area (Å²) in [7, 11) is 0. The molecule has 2 aromatic rings. The number of cyclic esters (lactones) is 1. The Morgan fingerprint density at radius 1 is 1.14 bits per heavy atom. The number of carbonyl (C=O) groups is 1. The third-order valence-electron chi connectivity index (χ3n) is 5.71. The van der Waals surface area contributed by atoms with Gasteiger partial charge in [0.05, 0.1) is 18.6 Å². The summed E-state index contributed by atoms with van der Waals surface area (Å²) in [5.41, 5.74) is 3.40. The third kappa shape index (κ3) is 3.92. The zero-order valence-corrected chi connectivity index (χ0v) is 16.7. The van der Waals surface area contributed by atoms with Crippen molar-refractivity contribution in [2.24, 2.45) is 0 Å². The van der Waals surface area contributed by atoms with Gasteiger partial charge in [-0.05, 0) is 49.2 Å². The molecule has 2 unspecified atom stereocenters. The topological polar surface area (TPSA) is 49.8 Å². The van der Waals surface area contributed by atoms with Gasteiger partial charge < -0.3 is 14.7 Å². The molecule has 4 rings (SSSR count). The Hall–Kier alpha value is -2.66. The van der Waals surface area contributed by atoms with Crippen molar-refractivity contribution >= 4 is 11.7 Å². The molecule has 0 radical (unpaired) electrons. The molecule has 0 aliphatic carbocycles. The number of anilines is 1. The Kier molecular flexibility index (Phi) is 5.41. The molecule has 0 amide bonds. The van der Waals surface area contributed by atoms with Gasteiger partial charge in [0.25, 0.3) is 0 Å². The predicted octanol–water partition coefficient (Wildman–Crippen LogP) is 4.18. The molecule has 2 aliphatic rings. The summed E-state index contributed by atoms with van der Waals surface area (Å²) in [4.78, 5) is 14.0. The van der Waals surface area contributed by atoms with Crippen LogP contribution in [-0.2, 0) is 9.53 Å². The Morgan fingerprint density at radius 3 is 2.55 bits per heavy atom. The van der Waals surface area contributed by atoms with Crippen LogP contribution in [0.4, 0.5) is 10.1 Å². The van der Waals surface area contributed by atoms with Crippen LogP contribution in [0.5, 0.6) is 0 Å². The van der Waals surface area contributed by atoms with Gasteiger partial charge in [-0.15, -0.1) is 0 Å². The SMILES string of the molecule is CC(C)N1c2ccccc2C(c2ccc(F)cc2)C1/C=C/[C@@H]1C[C@@H](O)CC(=O)O1. The van der Waals surface area contributed by atoms with Crippen LogP contribution in [0.1, 0.15) is 43.7 Å². The zero-order chi connectivity index (χ0) is 20.5. The highest BCUT2D eigenvalue weighted by molar-refractivity contribution is 5.71. The number of rotatable bonds is 4. The molecule has 0 spiro atoms. The first-order valence-electron chi connectivity index (χ1n) is 10.1. The fraction of sp³-hybridized carbons (Fsp3) is 0.375. The number of aliphatic hydroxyl groups is 1. The number of halogens is 1. The summed E-state index contributed by atoms with van der Waals surface area (Å²) in [5, 5.41) is 9.90. The molecule has 1 N–H and O–H groups in total. The fourth-order valence-electron chi connectivity index (χ4n) is 4.53. The van der Waals surface area contributed by atoms with E-state index in [2.05, 4.69) is 37.0 Å². The number of benzene rings is 2. The van der Waals surface area contributed by atoms with Crippen molar-refractivity contribution in [3.63, 3.8) is 0 Å². The Morgan fingerprint density at radius 2 is 1.86 bits per heavy atom. The predicted molar refractivity (Wildman–Crippen MR) is 110 cm³/mol. The van der Waals surface area contributed by atoms with Crippen molar-refractivity contribution in [1.82, 2.24) is 0 Å². The van der Waals surface area contributed by atoms with E-state index in [1.54, 1.807) is 0 Å². The second kappa shape index (κ2) is 7.99. The molecule has 29 heavy (non-hydrogen) atoms.